The van der Waals surface area contributed by atoms with Crippen LogP contribution in [-0.4, -0.2) is 23.3 Å². The Morgan fingerprint density at radius 2 is 2.05 bits per heavy atom. The molecule has 0 spiro atoms. The molecule has 1 N–H and O–H groups in total. The number of fused-ring (bicyclic) bond motifs is 1. The van der Waals surface area contributed by atoms with Gasteiger partial charge in [-0.15, -0.1) is 0 Å². The van der Waals surface area contributed by atoms with Crippen LogP contribution in [0, 0.1) is 12.7 Å². The molecule has 0 saturated carbocycles. The van der Waals surface area contributed by atoms with E-state index >= 15 is 0 Å². The van der Waals surface area contributed by atoms with Crippen LogP contribution in [-0.2, 0) is 0 Å². The van der Waals surface area contributed by atoms with Gasteiger partial charge in [0.15, 0.2) is 29.0 Å². The summed E-state index contributed by atoms with van der Waals surface area (Å²) in [5, 5.41) is 2.98. The van der Waals surface area contributed by atoms with E-state index < -0.39 is 5.82 Å². The Balaban J connectivity index is 2.00. The number of benzene rings is 1. The Labute approximate surface area is 122 Å². The Morgan fingerprint density at radius 1 is 1.24 bits per heavy atom. The van der Waals surface area contributed by atoms with Gasteiger partial charge in [0.2, 0.25) is 6.79 Å². The van der Waals surface area contributed by atoms with Gasteiger partial charge in [0.05, 0.1) is 5.69 Å². The quantitative estimate of drug-likeness (QED) is 0.937. The summed E-state index contributed by atoms with van der Waals surface area (Å²) in [6, 6.07) is 5.45. The number of ether oxygens (including phenoxy) is 2. The van der Waals surface area contributed by atoms with E-state index in [0.717, 1.165) is 12.0 Å². The Hall–Kier alpha value is -2.37. The molecule has 1 aromatic heterocycles. The van der Waals surface area contributed by atoms with Gasteiger partial charge in [-0.2, -0.15) is 0 Å². The van der Waals surface area contributed by atoms with Crippen LogP contribution in [0.2, 0.25) is 0 Å². The van der Waals surface area contributed by atoms with E-state index in [1.807, 2.05) is 13.0 Å². The molecule has 0 saturated heterocycles. The smallest absolute Gasteiger partial charge is 0.231 e. The molecule has 1 aliphatic heterocycles. The molecular weight excluding hydrogens is 273 g/mol. The van der Waals surface area contributed by atoms with E-state index in [4.69, 9.17) is 9.47 Å². The average molecular weight is 289 g/mol. The van der Waals surface area contributed by atoms with Gasteiger partial charge in [-0.05, 0) is 31.5 Å². The fourth-order valence-corrected chi connectivity index (χ4v) is 2.08. The fraction of sp³-hybridized carbons (Fsp3) is 0.333. The normalized spacial score (nSPS) is 12.5. The maximum absolute atomic E-state index is 14.0. The van der Waals surface area contributed by atoms with Gasteiger partial charge >= 0.3 is 0 Å². The maximum atomic E-state index is 14.0. The highest BCUT2D eigenvalue weighted by molar-refractivity contribution is 5.63. The van der Waals surface area contributed by atoms with Gasteiger partial charge in [0.1, 0.15) is 0 Å². The third-order valence-electron chi connectivity index (χ3n) is 3.19. The molecule has 5 nitrogen and oxygen atoms in total. The van der Waals surface area contributed by atoms with E-state index in [0.29, 0.717) is 29.6 Å². The third kappa shape index (κ3) is 2.61. The number of hydrogen-bond acceptors (Lipinski definition) is 5. The Kier molecular flexibility index (Phi) is 3.60. The number of anilines is 1. The topological polar surface area (TPSA) is 56.3 Å². The largest absolute Gasteiger partial charge is 0.454 e. The zero-order valence-electron chi connectivity index (χ0n) is 11.9. The van der Waals surface area contributed by atoms with Crippen LogP contribution in [0.3, 0.4) is 0 Å². The molecular formula is C15H16FN3O2. The summed E-state index contributed by atoms with van der Waals surface area (Å²) in [7, 11) is 0. The summed E-state index contributed by atoms with van der Waals surface area (Å²) in [4.78, 5) is 8.49. The highest BCUT2D eigenvalue weighted by atomic mass is 19.1. The number of halogens is 1. The van der Waals surface area contributed by atoms with Crippen LogP contribution in [0.5, 0.6) is 11.5 Å². The van der Waals surface area contributed by atoms with Crippen molar-refractivity contribution in [2.45, 2.75) is 20.3 Å². The standard InChI is InChI=1S/C15H16FN3O2/c1-3-6-17-15-13(16)9(2)18-14(19-15)10-4-5-11-12(7-10)21-8-20-11/h4-5,7H,3,6,8H2,1-2H3,(H,17,18,19). The van der Waals surface area contributed by atoms with Crippen molar-refractivity contribution in [1.29, 1.82) is 0 Å². The predicted molar refractivity (Wildman–Crippen MR) is 77.1 cm³/mol. The summed E-state index contributed by atoms with van der Waals surface area (Å²) in [5.74, 6) is 1.64. The molecule has 110 valence electrons. The van der Waals surface area contributed by atoms with Crippen molar-refractivity contribution in [2.75, 3.05) is 18.7 Å². The molecule has 21 heavy (non-hydrogen) atoms. The second-order valence-electron chi connectivity index (χ2n) is 4.79. The molecule has 2 heterocycles. The monoisotopic (exact) mass is 289 g/mol. The second kappa shape index (κ2) is 5.55. The summed E-state index contributed by atoms with van der Waals surface area (Å²) in [5.41, 5.74) is 1.08. The minimum absolute atomic E-state index is 0.214. The van der Waals surface area contributed by atoms with Crippen molar-refractivity contribution in [3.05, 3.63) is 29.7 Å². The first-order valence-corrected chi connectivity index (χ1v) is 6.87. The molecule has 6 heteroatoms. The lowest BCUT2D eigenvalue weighted by atomic mass is 10.2. The molecule has 0 bridgehead atoms. The second-order valence-corrected chi connectivity index (χ2v) is 4.79. The van der Waals surface area contributed by atoms with Crippen molar-refractivity contribution in [1.82, 2.24) is 9.97 Å². The van der Waals surface area contributed by atoms with Crippen LogP contribution in [0.25, 0.3) is 11.4 Å². The predicted octanol–water partition coefficient (Wildman–Crippen LogP) is 3.14. The van der Waals surface area contributed by atoms with E-state index in [-0.39, 0.29) is 12.6 Å². The van der Waals surface area contributed by atoms with Gasteiger partial charge in [-0.3, -0.25) is 0 Å². The summed E-state index contributed by atoms with van der Waals surface area (Å²) >= 11 is 0. The average Bonchev–Trinajstić information content (AvgIpc) is 2.96. The summed E-state index contributed by atoms with van der Waals surface area (Å²) in [6.07, 6.45) is 0.891. The zero-order valence-corrected chi connectivity index (χ0v) is 11.9. The van der Waals surface area contributed by atoms with Crippen LogP contribution in [0.15, 0.2) is 18.2 Å². The number of nitrogens with one attached hydrogen (secondary N) is 1. The molecule has 0 atom stereocenters. The molecule has 0 aliphatic carbocycles. The Bertz CT molecular complexity index is 676. The third-order valence-corrected chi connectivity index (χ3v) is 3.19. The number of aryl methyl sites for hydroxylation is 1. The van der Waals surface area contributed by atoms with Crippen LogP contribution >= 0.6 is 0 Å². The van der Waals surface area contributed by atoms with Crippen LogP contribution < -0.4 is 14.8 Å². The molecule has 1 aliphatic rings. The minimum atomic E-state index is -0.409. The highest BCUT2D eigenvalue weighted by Crippen LogP contribution is 2.35. The van der Waals surface area contributed by atoms with Crippen molar-refractivity contribution in [2.24, 2.45) is 0 Å². The first kappa shape index (κ1) is 13.6. The first-order chi connectivity index (χ1) is 10.2. The lowest BCUT2D eigenvalue weighted by Gasteiger charge is -2.10. The number of hydrogen-bond donors (Lipinski definition) is 1. The highest BCUT2D eigenvalue weighted by Gasteiger charge is 2.17. The Morgan fingerprint density at radius 3 is 2.86 bits per heavy atom. The maximum Gasteiger partial charge on any atom is 0.231 e. The van der Waals surface area contributed by atoms with Crippen molar-refractivity contribution < 1.29 is 13.9 Å². The van der Waals surface area contributed by atoms with Gasteiger partial charge in [0, 0.05) is 12.1 Å². The van der Waals surface area contributed by atoms with Crippen molar-refractivity contribution >= 4 is 5.82 Å². The van der Waals surface area contributed by atoms with Gasteiger partial charge < -0.3 is 14.8 Å². The van der Waals surface area contributed by atoms with Crippen LogP contribution in [0.4, 0.5) is 10.2 Å². The van der Waals surface area contributed by atoms with Gasteiger partial charge in [-0.25, -0.2) is 14.4 Å². The van der Waals surface area contributed by atoms with E-state index in [1.165, 1.54) is 0 Å². The number of aromatic nitrogens is 2. The molecule has 2 aromatic rings. The molecule has 3 rings (SSSR count). The molecule has 0 amide bonds. The number of rotatable bonds is 4. The van der Waals surface area contributed by atoms with Gasteiger partial charge in [0.25, 0.3) is 0 Å². The van der Waals surface area contributed by atoms with Crippen LogP contribution in [0.1, 0.15) is 19.0 Å². The molecule has 1 aromatic carbocycles. The first-order valence-electron chi connectivity index (χ1n) is 6.87. The minimum Gasteiger partial charge on any atom is -0.454 e. The molecule has 0 unspecified atom stereocenters. The van der Waals surface area contributed by atoms with Gasteiger partial charge in [-0.1, -0.05) is 6.92 Å². The lowest BCUT2D eigenvalue weighted by Crippen LogP contribution is -2.08. The van der Waals surface area contributed by atoms with Crippen molar-refractivity contribution in [3.8, 4) is 22.9 Å². The summed E-state index contributed by atoms with van der Waals surface area (Å²) < 4.78 is 24.6. The lowest BCUT2D eigenvalue weighted by molar-refractivity contribution is 0.174. The van der Waals surface area contributed by atoms with E-state index in [2.05, 4.69) is 15.3 Å². The fourth-order valence-electron chi connectivity index (χ4n) is 2.08. The van der Waals surface area contributed by atoms with E-state index in [9.17, 15) is 4.39 Å². The molecule has 0 radical (unpaired) electrons. The van der Waals surface area contributed by atoms with Crippen molar-refractivity contribution in [3.63, 3.8) is 0 Å². The zero-order chi connectivity index (χ0) is 14.8. The SMILES string of the molecule is CCCNc1nc(-c2ccc3c(c2)OCO3)nc(C)c1F. The number of nitrogens with zero attached hydrogens (tertiary/aromatic N) is 2. The molecule has 0 fully saturated rings. The summed E-state index contributed by atoms with van der Waals surface area (Å²) in [6.45, 7) is 4.52. The van der Waals surface area contributed by atoms with E-state index in [1.54, 1.807) is 19.1 Å².